The van der Waals surface area contributed by atoms with Crippen LogP contribution < -0.4 is 5.32 Å². The number of nitrogens with zero attached hydrogens (tertiary/aromatic N) is 2. The van der Waals surface area contributed by atoms with E-state index >= 15 is 0 Å². The van der Waals surface area contributed by atoms with Gasteiger partial charge >= 0.3 is 0 Å². The summed E-state index contributed by atoms with van der Waals surface area (Å²) in [7, 11) is 0. The van der Waals surface area contributed by atoms with E-state index in [-0.39, 0.29) is 23.6 Å². The SMILES string of the molecule is CCCCn1c(C)cc(C=C(C#N)C(=O)NC2CCC(O)CC2)c1C. The molecular weight excluding hydrogens is 314 g/mol. The number of nitriles is 1. The largest absolute Gasteiger partial charge is 0.393 e. The predicted octanol–water partition coefficient (Wildman–Crippen LogP) is 3.23. The zero-order chi connectivity index (χ0) is 18.4. The Kier molecular flexibility index (Phi) is 6.83. The summed E-state index contributed by atoms with van der Waals surface area (Å²) in [5.74, 6) is -0.317. The third-order valence-electron chi connectivity index (χ3n) is 5.04. The molecule has 0 atom stereocenters. The summed E-state index contributed by atoms with van der Waals surface area (Å²) in [6, 6.07) is 4.12. The van der Waals surface area contributed by atoms with Crippen LogP contribution in [0.15, 0.2) is 11.6 Å². The van der Waals surface area contributed by atoms with Crippen molar-refractivity contribution >= 4 is 12.0 Å². The zero-order valence-electron chi connectivity index (χ0n) is 15.5. The third-order valence-corrected chi connectivity index (χ3v) is 5.04. The van der Waals surface area contributed by atoms with Crippen LogP contribution in [-0.4, -0.2) is 27.7 Å². The van der Waals surface area contributed by atoms with Crippen LogP contribution in [0.1, 0.15) is 62.4 Å². The van der Waals surface area contributed by atoms with Crippen molar-refractivity contribution in [3.8, 4) is 6.07 Å². The number of aryl methyl sites for hydroxylation is 1. The normalized spacial score (nSPS) is 21.0. The molecule has 0 radical (unpaired) electrons. The molecule has 1 aromatic heterocycles. The van der Waals surface area contributed by atoms with Crippen molar-refractivity contribution in [3.63, 3.8) is 0 Å². The fraction of sp³-hybridized carbons (Fsp3) is 0.600. The van der Waals surface area contributed by atoms with Gasteiger partial charge in [-0.15, -0.1) is 0 Å². The Morgan fingerprint density at radius 1 is 1.40 bits per heavy atom. The topological polar surface area (TPSA) is 78.0 Å². The van der Waals surface area contributed by atoms with Crippen LogP contribution in [0.3, 0.4) is 0 Å². The van der Waals surface area contributed by atoms with Gasteiger partial charge in [0.1, 0.15) is 11.6 Å². The van der Waals surface area contributed by atoms with E-state index in [0.29, 0.717) is 12.8 Å². The van der Waals surface area contributed by atoms with E-state index in [2.05, 4.69) is 23.7 Å². The molecule has 1 aliphatic rings. The molecule has 1 aromatic rings. The van der Waals surface area contributed by atoms with Crippen molar-refractivity contribution < 1.29 is 9.90 Å². The van der Waals surface area contributed by atoms with Gasteiger partial charge < -0.3 is 15.0 Å². The van der Waals surface area contributed by atoms with Crippen molar-refractivity contribution in [2.45, 2.75) is 78.0 Å². The van der Waals surface area contributed by atoms with Crippen LogP contribution in [0.2, 0.25) is 0 Å². The van der Waals surface area contributed by atoms with Gasteiger partial charge in [-0.3, -0.25) is 4.79 Å². The Balaban J connectivity index is 2.11. The number of aliphatic hydroxyl groups is 1. The van der Waals surface area contributed by atoms with Crippen LogP contribution in [0, 0.1) is 25.2 Å². The van der Waals surface area contributed by atoms with Gasteiger partial charge in [0.2, 0.25) is 0 Å². The third kappa shape index (κ3) is 4.96. The van der Waals surface area contributed by atoms with Gasteiger partial charge in [-0.1, -0.05) is 13.3 Å². The molecule has 5 heteroatoms. The van der Waals surface area contributed by atoms with Crippen LogP contribution >= 0.6 is 0 Å². The van der Waals surface area contributed by atoms with Crippen LogP contribution in [0.4, 0.5) is 0 Å². The molecular formula is C20H29N3O2. The number of carbonyl (C=O) groups excluding carboxylic acids is 1. The number of amides is 1. The molecule has 1 fully saturated rings. The second-order valence-electron chi connectivity index (χ2n) is 6.98. The fourth-order valence-electron chi connectivity index (χ4n) is 3.42. The lowest BCUT2D eigenvalue weighted by Crippen LogP contribution is -2.39. The van der Waals surface area contributed by atoms with Gasteiger partial charge in [0, 0.05) is 24.0 Å². The Bertz CT molecular complexity index is 674. The monoisotopic (exact) mass is 343 g/mol. The Morgan fingerprint density at radius 2 is 2.08 bits per heavy atom. The summed E-state index contributed by atoms with van der Waals surface area (Å²) in [5.41, 5.74) is 3.31. The Hall–Kier alpha value is -2.06. The van der Waals surface area contributed by atoms with E-state index in [4.69, 9.17) is 0 Å². The minimum Gasteiger partial charge on any atom is -0.393 e. The van der Waals surface area contributed by atoms with E-state index in [1.54, 1.807) is 6.08 Å². The quantitative estimate of drug-likeness (QED) is 0.615. The highest BCUT2D eigenvalue weighted by Crippen LogP contribution is 2.21. The summed E-state index contributed by atoms with van der Waals surface area (Å²) < 4.78 is 2.24. The number of hydrogen-bond acceptors (Lipinski definition) is 3. The standard InChI is InChI=1S/C20H29N3O2/c1-4-5-10-23-14(2)11-16(15(23)3)12-17(13-21)20(25)22-18-6-8-19(24)9-7-18/h11-12,18-19,24H,4-10H2,1-3H3,(H,22,25). The number of aliphatic hydroxyl groups excluding tert-OH is 1. The van der Waals surface area contributed by atoms with Gasteiger partial charge in [-0.05, 0) is 63.7 Å². The van der Waals surface area contributed by atoms with Crippen LogP contribution in [0.5, 0.6) is 0 Å². The highest BCUT2D eigenvalue weighted by molar-refractivity contribution is 6.02. The lowest BCUT2D eigenvalue weighted by molar-refractivity contribution is -0.118. The molecule has 1 amide bonds. The molecule has 0 unspecified atom stereocenters. The first-order chi connectivity index (χ1) is 12.0. The van der Waals surface area contributed by atoms with E-state index in [1.807, 2.05) is 19.1 Å². The second kappa shape index (κ2) is 8.87. The first kappa shape index (κ1) is 19.3. The summed E-state index contributed by atoms with van der Waals surface area (Å²) in [5, 5.41) is 21.9. The van der Waals surface area contributed by atoms with Crippen LogP contribution in [0.25, 0.3) is 6.08 Å². The lowest BCUT2D eigenvalue weighted by Gasteiger charge is -2.26. The molecule has 1 aliphatic carbocycles. The molecule has 25 heavy (non-hydrogen) atoms. The van der Waals surface area contributed by atoms with Gasteiger partial charge in [-0.25, -0.2) is 0 Å². The van der Waals surface area contributed by atoms with Gasteiger partial charge in [0.05, 0.1) is 6.10 Å². The molecule has 0 saturated heterocycles. The molecule has 0 spiro atoms. The molecule has 1 saturated carbocycles. The van der Waals surface area contributed by atoms with E-state index in [1.165, 1.54) is 0 Å². The number of unbranched alkanes of at least 4 members (excludes halogenated alkanes) is 1. The van der Waals surface area contributed by atoms with Crippen molar-refractivity contribution in [3.05, 3.63) is 28.6 Å². The minimum absolute atomic E-state index is 0.0460. The summed E-state index contributed by atoms with van der Waals surface area (Å²) in [6.45, 7) is 7.21. The number of carbonyl (C=O) groups is 1. The molecule has 1 heterocycles. The van der Waals surface area contributed by atoms with Crippen molar-refractivity contribution in [2.75, 3.05) is 0 Å². The molecule has 0 aromatic carbocycles. The smallest absolute Gasteiger partial charge is 0.262 e. The zero-order valence-corrected chi connectivity index (χ0v) is 15.5. The molecule has 136 valence electrons. The summed E-state index contributed by atoms with van der Waals surface area (Å²) in [6.07, 6.45) is 6.60. The molecule has 2 N–H and O–H groups in total. The maximum atomic E-state index is 12.4. The van der Waals surface area contributed by atoms with Crippen molar-refractivity contribution in [1.29, 1.82) is 5.26 Å². The van der Waals surface area contributed by atoms with E-state index in [0.717, 1.165) is 49.2 Å². The lowest BCUT2D eigenvalue weighted by atomic mass is 9.93. The van der Waals surface area contributed by atoms with E-state index < -0.39 is 0 Å². The minimum atomic E-state index is -0.317. The highest BCUT2D eigenvalue weighted by atomic mass is 16.3. The number of hydrogen-bond donors (Lipinski definition) is 2. The second-order valence-corrected chi connectivity index (χ2v) is 6.98. The molecule has 0 aliphatic heterocycles. The number of nitrogens with one attached hydrogen (secondary N) is 1. The first-order valence-electron chi connectivity index (χ1n) is 9.23. The maximum absolute atomic E-state index is 12.4. The first-order valence-corrected chi connectivity index (χ1v) is 9.23. The average molecular weight is 343 g/mol. The fourth-order valence-corrected chi connectivity index (χ4v) is 3.42. The highest BCUT2D eigenvalue weighted by Gasteiger charge is 2.22. The predicted molar refractivity (Wildman–Crippen MR) is 98.8 cm³/mol. The summed E-state index contributed by atoms with van der Waals surface area (Å²) in [4.78, 5) is 12.4. The van der Waals surface area contributed by atoms with Crippen molar-refractivity contribution in [2.24, 2.45) is 0 Å². The Morgan fingerprint density at radius 3 is 2.68 bits per heavy atom. The number of aromatic nitrogens is 1. The van der Waals surface area contributed by atoms with Crippen LogP contribution in [-0.2, 0) is 11.3 Å². The average Bonchev–Trinajstić information content (AvgIpc) is 2.86. The van der Waals surface area contributed by atoms with Gasteiger partial charge in [0.15, 0.2) is 0 Å². The Labute approximate surface area is 150 Å². The maximum Gasteiger partial charge on any atom is 0.262 e. The molecule has 2 rings (SSSR count). The van der Waals surface area contributed by atoms with Gasteiger partial charge in [0.25, 0.3) is 5.91 Å². The number of rotatable bonds is 6. The molecule has 0 bridgehead atoms. The molecule has 5 nitrogen and oxygen atoms in total. The van der Waals surface area contributed by atoms with E-state index in [9.17, 15) is 15.2 Å². The van der Waals surface area contributed by atoms with Gasteiger partial charge in [-0.2, -0.15) is 5.26 Å². The summed E-state index contributed by atoms with van der Waals surface area (Å²) >= 11 is 0. The van der Waals surface area contributed by atoms with Crippen molar-refractivity contribution in [1.82, 2.24) is 9.88 Å².